The molecule has 0 spiro atoms. The first-order chi connectivity index (χ1) is 13.6. The fourth-order valence-electron chi connectivity index (χ4n) is 2.97. The third-order valence-corrected chi connectivity index (χ3v) is 5.48. The number of carbonyl (C=O) groups is 1. The van der Waals surface area contributed by atoms with Crippen molar-refractivity contribution in [1.82, 2.24) is 14.8 Å². The fourth-order valence-corrected chi connectivity index (χ4v) is 3.89. The first kappa shape index (κ1) is 18.3. The van der Waals surface area contributed by atoms with Gasteiger partial charge in [0.2, 0.25) is 5.91 Å². The lowest BCUT2D eigenvalue weighted by atomic mass is 10.2. The number of nitriles is 1. The topological polar surface area (TPSA) is 83.6 Å². The summed E-state index contributed by atoms with van der Waals surface area (Å²) in [5, 5.41) is 21.5. The first-order valence-electron chi connectivity index (χ1n) is 9.09. The zero-order chi connectivity index (χ0) is 19.5. The fraction of sp³-hybridized carbons (Fsp3) is 0.238. The molecular weight excluding hydrogens is 370 g/mol. The van der Waals surface area contributed by atoms with E-state index in [1.54, 1.807) is 11.8 Å². The van der Waals surface area contributed by atoms with E-state index < -0.39 is 0 Å². The summed E-state index contributed by atoms with van der Waals surface area (Å²) in [7, 11) is 0. The van der Waals surface area contributed by atoms with Gasteiger partial charge in [0.15, 0.2) is 5.16 Å². The van der Waals surface area contributed by atoms with E-state index in [2.05, 4.69) is 26.2 Å². The van der Waals surface area contributed by atoms with Crippen molar-refractivity contribution in [2.45, 2.75) is 36.6 Å². The molecule has 4 rings (SSSR count). The molecule has 0 saturated heterocycles. The molecule has 1 aliphatic carbocycles. The van der Waals surface area contributed by atoms with Crippen molar-refractivity contribution < 1.29 is 4.79 Å². The smallest absolute Gasteiger partial charge is 0.221 e. The van der Waals surface area contributed by atoms with Crippen molar-refractivity contribution in [2.24, 2.45) is 0 Å². The molecule has 0 unspecified atom stereocenters. The third kappa shape index (κ3) is 4.07. The van der Waals surface area contributed by atoms with Gasteiger partial charge >= 0.3 is 0 Å². The Hall–Kier alpha value is -3.11. The summed E-state index contributed by atoms with van der Waals surface area (Å²) in [6.45, 7) is 1.50. The van der Waals surface area contributed by atoms with Crippen LogP contribution in [0.2, 0.25) is 0 Å². The Morgan fingerprint density at radius 3 is 2.71 bits per heavy atom. The Morgan fingerprint density at radius 1 is 1.25 bits per heavy atom. The largest absolute Gasteiger partial charge is 0.326 e. The average Bonchev–Trinajstić information content (AvgIpc) is 3.46. The Morgan fingerprint density at radius 2 is 2.04 bits per heavy atom. The number of anilines is 1. The van der Waals surface area contributed by atoms with Crippen LogP contribution in [0.4, 0.5) is 5.69 Å². The molecule has 140 valence electrons. The van der Waals surface area contributed by atoms with Gasteiger partial charge in [0.1, 0.15) is 5.82 Å². The van der Waals surface area contributed by atoms with Crippen molar-refractivity contribution in [2.75, 3.05) is 5.32 Å². The van der Waals surface area contributed by atoms with Crippen molar-refractivity contribution in [3.8, 4) is 11.8 Å². The summed E-state index contributed by atoms with van der Waals surface area (Å²) in [5.74, 6) is 2.06. The highest BCUT2D eigenvalue weighted by molar-refractivity contribution is 7.98. The van der Waals surface area contributed by atoms with E-state index in [0.29, 0.717) is 11.5 Å². The van der Waals surface area contributed by atoms with E-state index >= 15 is 0 Å². The maximum atomic E-state index is 11.4. The van der Waals surface area contributed by atoms with Crippen LogP contribution < -0.4 is 5.32 Å². The monoisotopic (exact) mass is 389 g/mol. The SMILES string of the molecule is CC(=O)Nc1cccc(-n2c(SCc3ccc(C#N)cc3)nnc2C2CC2)c1. The zero-order valence-electron chi connectivity index (χ0n) is 15.4. The summed E-state index contributed by atoms with van der Waals surface area (Å²) in [5.41, 5.74) is 3.48. The summed E-state index contributed by atoms with van der Waals surface area (Å²) in [4.78, 5) is 11.4. The van der Waals surface area contributed by atoms with Gasteiger partial charge in [0.25, 0.3) is 0 Å². The van der Waals surface area contributed by atoms with Gasteiger partial charge in [0, 0.05) is 24.3 Å². The second-order valence-electron chi connectivity index (χ2n) is 6.78. The Balaban J connectivity index is 1.62. The Bertz CT molecular complexity index is 1050. The molecule has 3 aromatic rings. The van der Waals surface area contributed by atoms with E-state index in [1.807, 2.05) is 48.5 Å². The van der Waals surface area contributed by atoms with Crippen LogP contribution in [0.5, 0.6) is 0 Å². The van der Waals surface area contributed by atoms with E-state index in [4.69, 9.17) is 5.26 Å². The summed E-state index contributed by atoms with van der Waals surface area (Å²) < 4.78 is 2.09. The van der Waals surface area contributed by atoms with Crippen LogP contribution in [0.15, 0.2) is 53.7 Å². The Kier molecular flexibility index (Phi) is 5.13. The molecule has 1 aliphatic rings. The minimum absolute atomic E-state index is 0.0984. The van der Waals surface area contributed by atoms with Gasteiger partial charge in [0.05, 0.1) is 17.3 Å². The molecule has 6 nitrogen and oxygen atoms in total. The molecule has 1 aromatic heterocycles. The lowest BCUT2D eigenvalue weighted by Gasteiger charge is -2.12. The van der Waals surface area contributed by atoms with E-state index in [1.165, 1.54) is 6.92 Å². The van der Waals surface area contributed by atoms with Crippen molar-refractivity contribution in [1.29, 1.82) is 5.26 Å². The van der Waals surface area contributed by atoms with Gasteiger partial charge < -0.3 is 5.32 Å². The number of hydrogen-bond donors (Lipinski definition) is 1. The summed E-state index contributed by atoms with van der Waals surface area (Å²) in [6.07, 6.45) is 2.26. The molecule has 0 aliphatic heterocycles. The predicted molar refractivity (Wildman–Crippen MR) is 108 cm³/mol. The van der Waals surface area contributed by atoms with Gasteiger partial charge in [-0.25, -0.2) is 0 Å². The van der Waals surface area contributed by atoms with Gasteiger partial charge in [-0.3, -0.25) is 9.36 Å². The molecule has 1 saturated carbocycles. The zero-order valence-corrected chi connectivity index (χ0v) is 16.2. The lowest BCUT2D eigenvalue weighted by Crippen LogP contribution is -2.07. The normalized spacial score (nSPS) is 13.1. The molecule has 2 aromatic carbocycles. The molecular formula is C21H19N5OS. The van der Waals surface area contributed by atoms with E-state index in [-0.39, 0.29) is 5.91 Å². The maximum Gasteiger partial charge on any atom is 0.221 e. The number of aromatic nitrogens is 3. The van der Waals surface area contributed by atoms with Crippen LogP contribution in [0.1, 0.15) is 42.6 Å². The van der Waals surface area contributed by atoms with Crippen LogP contribution in [0, 0.1) is 11.3 Å². The van der Waals surface area contributed by atoms with Crippen LogP contribution in [-0.2, 0) is 10.5 Å². The maximum absolute atomic E-state index is 11.4. The molecule has 7 heteroatoms. The third-order valence-electron chi connectivity index (χ3n) is 4.48. The second kappa shape index (κ2) is 7.87. The van der Waals surface area contributed by atoms with Crippen molar-refractivity contribution in [3.63, 3.8) is 0 Å². The number of rotatable bonds is 6. The number of benzene rings is 2. The summed E-state index contributed by atoms with van der Waals surface area (Å²) >= 11 is 1.61. The van der Waals surface area contributed by atoms with Gasteiger partial charge in [-0.15, -0.1) is 10.2 Å². The number of nitrogens with one attached hydrogen (secondary N) is 1. The Labute approximate surface area is 167 Å². The molecule has 1 amide bonds. The van der Waals surface area contributed by atoms with E-state index in [0.717, 1.165) is 46.5 Å². The van der Waals surface area contributed by atoms with Crippen molar-refractivity contribution >= 4 is 23.4 Å². The van der Waals surface area contributed by atoms with Crippen LogP contribution >= 0.6 is 11.8 Å². The molecule has 1 heterocycles. The predicted octanol–water partition coefficient (Wildman–Crippen LogP) is 4.27. The highest BCUT2D eigenvalue weighted by Gasteiger charge is 2.31. The molecule has 1 fully saturated rings. The quantitative estimate of drug-likeness (QED) is 0.637. The van der Waals surface area contributed by atoms with Gasteiger partial charge in [-0.2, -0.15) is 5.26 Å². The highest BCUT2D eigenvalue weighted by atomic mass is 32.2. The number of amides is 1. The van der Waals surface area contributed by atoms with Crippen molar-refractivity contribution in [3.05, 3.63) is 65.5 Å². The minimum atomic E-state index is -0.0984. The van der Waals surface area contributed by atoms with Crippen LogP contribution in [0.3, 0.4) is 0 Å². The highest BCUT2D eigenvalue weighted by Crippen LogP contribution is 2.41. The second-order valence-corrected chi connectivity index (χ2v) is 7.72. The minimum Gasteiger partial charge on any atom is -0.326 e. The number of thioether (sulfide) groups is 1. The molecule has 1 N–H and O–H groups in total. The molecule has 0 bridgehead atoms. The number of hydrogen-bond acceptors (Lipinski definition) is 5. The molecule has 0 atom stereocenters. The molecule has 28 heavy (non-hydrogen) atoms. The first-order valence-corrected chi connectivity index (χ1v) is 10.1. The number of carbonyl (C=O) groups excluding carboxylic acids is 1. The number of nitrogens with zero attached hydrogens (tertiary/aromatic N) is 4. The van der Waals surface area contributed by atoms with Gasteiger partial charge in [-0.05, 0) is 48.7 Å². The summed E-state index contributed by atoms with van der Waals surface area (Å²) in [6, 6.07) is 17.5. The standard InChI is InChI=1S/C21H19N5OS/c1-14(27)23-18-3-2-4-19(11-18)26-20(17-9-10-17)24-25-21(26)28-13-16-7-5-15(12-22)6-8-16/h2-8,11,17H,9-10,13H2,1H3,(H,23,27). The van der Waals surface area contributed by atoms with Gasteiger partial charge in [-0.1, -0.05) is 30.0 Å². The lowest BCUT2D eigenvalue weighted by molar-refractivity contribution is -0.114. The van der Waals surface area contributed by atoms with Crippen LogP contribution in [0.25, 0.3) is 5.69 Å². The van der Waals surface area contributed by atoms with E-state index in [9.17, 15) is 4.79 Å². The molecule has 0 radical (unpaired) electrons. The van der Waals surface area contributed by atoms with Crippen LogP contribution in [-0.4, -0.2) is 20.7 Å². The average molecular weight is 389 g/mol.